The van der Waals surface area contributed by atoms with E-state index in [-0.39, 0.29) is 18.3 Å². The van der Waals surface area contributed by atoms with Crippen molar-refractivity contribution in [2.24, 2.45) is 0 Å². The Morgan fingerprint density at radius 3 is 2.62 bits per heavy atom. The third kappa shape index (κ3) is 5.44. The number of nitrogens with zero attached hydrogens (tertiary/aromatic N) is 2. The van der Waals surface area contributed by atoms with Crippen LogP contribution in [0.1, 0.15) is 17.0 Å². The van der Waals surface area contributed by atoms with Crippen LogP contribution in [-0.2, 0) is 22.3 Å². The van der Waals surface area contributed by atoms with E-state index in [0.717, 1.165) is 17.7 Å². The maximum absolute atomic E-state index is 12.6. The summed E-state index contributed by atoms with van der Waals surface area (Å²) in [6, 6.07) is 11.4. The molecule has 0 N–H and O–H groups in total. The molecule has 0 aliphatic heterocycles. The smallest absolute Gasteiger partial charge is 0.416 e. The number of alkyl halides is 3. The van der Waals surface area contributed by atoms with Crippen LogP contribution >= 0.6 is 0 Å². The fourth-order valence-corrected chi connectivity index (χ4v) is 2.33. The maximum atomic E-state index is 12.6. The minimum absolute atomic E-state index is 0.0167. The summed E-state index contributed by atoms with van der Waals surface area (Å²) < 4.78 is 52.9. The zero-order valence-corrected chi connectivity index (χ0v) is 15.1. The molecule has 0 radical (unpaired) electrons. The van der Waals surface area contributed by atoms with E-state index in [1.807, 2.05) is 0 Å². The van der Waals surface area contributed by atoms with Gasteiger partial charge in [-0.3, -0.25) is 0 Å². The van der Waals surface area contributed by atoms with Crippen molar-refractivity contribution < 1.29 is 32.0 Å². The highest BCUT2D eigenvalue weighted by atomic mass is 19.4. The normalized spacial score (nSPS) is 11.6. The second kappa shape index (κ2) is 8.59. The molecule has 29 heavy (non-hydrogen) atoms. The molecular formula is C20H15F3N2O4. The Labute approximate surface area is 163 Å². The lowest BCUT2D eigenvalue weighted by Gasteiger charge is -2.05. The summed E-state index contributed by atoms with van der Waals surface area (Å²) in [7, 11) is 1.54. The van der Waals surface area contributed by atoms with E-state index >= 15 is 0 Å². The van der Waals surface area contributed by atoms with E-state index in [1.165, 1.54) is 18.2 Å². The molecule has 0 aliphatic rings. The lowest BCUT2D eigenvalue weighted by atomic mass is 10.1. The molecule has 0 unspecified atom stereocenters. The van der Waals surface area contributed by atoms with E-state index in [4.69, 9.17) is 14.0 Å². The van der Waals surface area contributed by atoms with E-state index in [0.29, 0.717) is 11.3 Å². The van der Waals surface area contributed by atoms with Crippen molar-refractivity contribution in [1.29, 1.82) is 0 Å². The first kappa shape index (κ1) is 20.1. The van der Waals surface area contributed by atoms with Crippen molar-refractivity contribution in [2.75, 3.05) is 7.11 Å². The summed E-state index contributed by atoms with van der Waals surface area (Å²) in [5, 5.41) is 3.68. The van der Waals surface area contributed by atoms with Gasteiger partial charge in [0.2, 0.25) is 5.82 Å². The highest BCUT2D eigenvalue weighted by molar-refractivity contribution is 5.87. The first-order valence-electron chi connectivity index (χ1n) is 8.34. The van der Waals surface area contributed by atoms with Gasteiger partial charge in [-0.25, -0.2) is 4.79 Å². The summed E-state index contributed by atoms with van der Waals surface area (Å²) in [5.41, 5.74) is 0.322. The average Bonchev–Trinajstić information content (AvgIpc) is 3.19. The SMILES string of the molecule is COc1cccc(/C=C/C(=O)OCc2nc(-c3ccc(C(F)(F)F)cc3)no2)c1. The minimum atomic E-state index is -4.42. The molecule has 0 saturated carbocycles. The van der Waals surface area contributed by atoms with E-state index in [1.54, 1.807) is 37.5 Å². The lowest BCUT2D eigenvalue weighted by molar-refractivity contribution is -0.140. The van der Waals surface area contributed by atoms with Gasteiger partial charge in [-0.15, -0.1) is 0 Å². The van der Waals surface area contributed by atoms with Gasteiger partial charge in [0, 0.05) is 11.6 Å². The fourth-order valence-electron chi connectivity index (χ4n) is 2.33. The third-order valence-corrected chi connectivity index (χ3v) is 3.78. The predicted octanol–water partition coefficient (Wildman–Crippen LogP) is 4.52. The number of methoxy groups -OCH3 is 1. The number of carbonyl (C=O) groups is 1. The van der Waals surface area contributed by atoms with E-state index in [2.05, 4.69) is 10.1 Å². The summed E-state index contributed by atoms with van der Waals surface area (Å²) >= 11 is 0. The topological polar surface area (TPSA) is 74.5 Å². The van der Waals surface area contributed by atoms with Crippen LogP contribution in [0.3, 0.4) is 0 Å². The van der Waals surface area contributed by atoms with Crippen LogP contribution in [0.5, 0.6) is 5.75 Å². The summed E-state index contributed by atoms with van der Waals surface area (Å²) in [4.78, 5) is 15.8. The first-order chi connectivity index (χ1) is 13.8. The Hall–Kier alpha value is -3.62. The Kier molecular flexibility index (Phi) is 5.96. The molecule has 0 fully saturated rings. The van der Waals surface area contributed by atoms with Gasteiger partial charge >= 0.3 is 12.1 Å². The Morgan fingerprint density at radius 2 is 1.93 bits per heavy atom. The van der Waals surface area contributed by atoms with Gasteiger partial charge in [-0.1, -0.05) is 29.4 Å². The Bertz CT molecular complexity index is 1010. The predicted molar refractivity (Wildman–Crippen MR) is 96.6 cm³/mol. The van der Waals surface area contributed by atoms with Crippen molar-refractivity contribution in [1.82, 2.24) is 10.1 Å². The number of carbonyl (C=O) groups excluding carboxylic acids is 1. The largest absolute Gasteiger partial charge is 0.497 e. The van der Waals surface area contributed by atoms with E-state index in [9.17, 15) is 18.0 Å². The number of halogens is 3. The number of ether oxygens (including phenoxy) is 2. The van der Waals surface area contributed by atoms with Crippen molar-refractivity contribution in [3.8, 4) is 17.1 Å². The Morgan fingerprint density at radius 1 is 1.17 bits per heavy atom. The number of rotatable bonds is 6. The molecule has 0 saturated heterocycles. The zero-order chi connectivity index (χ0) is 20.9. The standard InChI is InChI=1S/C20H15F3N2O4/c1-27-16-4-2-3-13(11-16)5-10-18(26)28-12-17-24-19(25-29-17)14-6-8-15(9-7-14)20(21,22)23/h2-11H,12H2,1H3/b10-5+. The highest BCUT2D eigenvalue weighted by Gasteiger charge is 2.30. The molecule has 1 heterocycles. The van der Waals surface area contributed by atoms with Crippen LogP contribution in [0.15, 0.2) is 59.1 Å². The number of hydrogen-bond donors (Lipinski definition) is 0. The van der Waals surface area contributed by atoms with Crippen LogP contribution in [0, 0.1) is 0 Å². The van der Waals surface area contributed by atoms with Crippen molar-refractivity contribution in [2.45, 2.75) is 12.8 Å². The number of aromatic nitrogens is 2. The molecule has 6 nitrogen and oxygen atoms in total. The van der Waals surface area contributed by atoms with E-state index < -0.39 is 17.7 Å². The molecule has 0 amide bonds. The quantitative estimate of drug-likeness (QED) is 0.444. The van der Waals surface area contributed by atoms with Gasteiger partial charge in [-0.2, -0.15) is 18.2 Å². The molecule has 2 aromatic carbocycles. The number of esters is 1. The van der Waals surface area contributed by atoms with Gasteiger partial charge in [0.25, 0.3) is 5.89 Å². The molecule has 3 aromatic rings. The Balaban J connectivity index is 1.57. The molecule has 0 bridgehead atoms. The number of hydrogen-bond acceptors (Lipinski definition) is 6. The second-order valence-corrected chi connectivity index (χ2v) is 5.80. The monoisotopic (exact) mass is 404 g/mol. The molecule has 0 aliphatic carbocycles. The van der Waals surface area contributed by atoms with Gasteiger partial charge in [0.1, 0.15) is 5.75 Å². The summed E-state index contributed by atoms with van der Waals surface area (Å²) in [5.74, 6) is 0.143. The molecule has 150 valence electrons. The molecular weight excluding hydrogens is 389 g/mol. The summed E-state index contributed by atoms with van der Waals surface area (Å²) in [6.07, 6.45) is -1.62. The third-order valence-electron chi connectivity index (χ3n) is 3.78. The maximum Gasteiger partial charge on any atom is 0.416 e. The average molecular weight is 404 g/mol. The molecule has 3 rings (SSSR count). The van der Waals surface area contributed by atoms with Crippen molar-refractivity contribution in [3.63, 3.8) is 0 Å². The molecule has 0 atom stereocenters. The fraction of sp³-hybridized carbons (Fsp3) is 0.150. The molecule has 1 aromatic heterocycles. The van der Waals surface area contributed by atoms with Crippen LogP contribution in [0.25, 0.3) is 17.5 Å². The van der Waals surface area contributed by atoms with Crippen LogP contribution < -0.4 is 4.74 Å². The van der Waals surface area contributed by atoms with Crippen LogP contribution in [0.4, 0.5) is 13.2 Å². The van der Waals surface area contributed by atoms with Crippen molar-refractivity contribution >= 4 is 12.0 Å². The molecule has 9 heteroatoms. The van der Waals surface area contributed by atoms with Crippen LogP contribution in [-0.4, -0.2) is 23.2 Å². The zero-order valence-electron chi connectivity index (χ0n) is 15.1. The molecule has 0 spiro atoms. The van der Waals surface area contributed by atoms with Gasteiger partial charge < -0.3 is 14.0 Å². The van der Waals surface area contributed by atoms with Gasteiger partial charge in [0.15, 0.2) is 6.61 Å². The van der Waals surface area contributed by atoms with Crippen molar-refractivity contribution in [3.05, 3.63) is 71.6 Å². The lowest BCUT2D eigenvalue weighted by Crippen LogP contribution is -2.04. The van der Waals surface area contributed by atoms with Gasteiger partial charge in [-0.05, 0) is 35.9 Å². The van der Waals surface area contributed by atoms with Gasteiger partial charge in [0.05, 0.1) is 12.7 Å². The number of benzene rings is 2. The van der Waals surface area contributed by atoms with Crippen LogP contribution in [0.2, 0.25) is 0 Å². The highest BCUT2D eigenvalue weighted by Crippen LogP contribution is 2.30. The second-order valence-electron chi connectivity index (χ2n) is 5.80. The minimum Gasteiger partial charge on any atom is -0.497 e. The first-order valence-corrected chi connectivity index (χ1v) is 8.34. The summed E-state index contributed by atoms with van der Waals surface area (Å²) in [6.45, 7) is -0.269.